The number of benzene rings is 2. The Kier molecular flexibility index (Phi) is 4.12. The number of amides is 1. The normalized spacial score (nSPS) is 21.4. The van der Waals surface area contributed by atoms with Crippen molar-refractivity contribution in [3.8, 4) is 0 Å². The predicted molar refractivity (Wildman–Crippen MR) is 130 cm³/mol. The van der Waals surface area contributed by atoms with Crippen molar-refractivity contribution >= 4 is 32.5 Å². The Bertz CT molecular complexity index is 1680. The molecule has 0 N–H and O–H groups in total. The van der Waals surface area contributed by atoms with E-state index in [4.69, 9.17) is 0 Å². The molecular formula is C26H23N3O4S. The van der Waals surface area contributed by atoms with Crippen LogP contribution in [0.4, 0.5) is 5.69 Å². The third kappa shape index (κ3) is 2.54. The number of aromatic nitrogens is 2. The van der Waals surface area contributed by atoms with Crippen LogP contribution in [0.15, 0.2) is 76.7 Å². The number of anilines is 1. The van der Waals surface area contributed by atoms with Crippen molar-refractivity contribution in [2.45, 2.75) is 29.6 Å². The highest BCUT2D eigenvalue weighted by Gasteiger charge is 2.67. The SMILES string of the molecule is Cc1ccc(S(=O)(=O)n2ccc3c(C4CC45C(=O)N(C)c4ccccc45)cn(C)c(=O)c32)cc1. The van der Waals surface area contributed by atoms with Crippen LogP contribution in [-0.4, -0.2) is 29.9 Å². The predicted octanol–water partition coefficient (Wildman–Crippen LogP) is 3.29. The molecule has 2 atom stereocenters. The van der Waals surface area contributed by atoms with Crippen molar-refractivity contribution in [1.82, 2.24) is 8.54 Å². The molecular weight excluding hydrogens is 450 g/mol. The van der Waals surface area contributed by atoms with Gasteiger partial charge >= 0.3 is 0 Å². The summed E-state index contributed by atoms with van der Waals surface area (Å²) < 4.78 is 29.4. The highest BCUT2D eigenvalue weighted by Crippen LogP contribution is 2.66. The van der Waals surface area contributed by atoms with Gasteiger partial charge in [0.1, 0.15) is 5.52 Å². The van der Waals surface area contributed by atoms with Gasteiger partial charge in [-0.1, -0.05) is 35.9 Å². The molecule has 7 nitrogen and oxygen atoms in total. The van der Waals surface area contributed by atoms with E-state index in [9.17, 15) is 18.0 Å². The molecule has 2 aromatic heterocycles. The van der Waals surface area contributed by atoms with Crippen molar-refractivity contribution in [1.29, 1.82) is 0 Å². The summed E-state index contributed by atoms with van der Waals surface area (Å²) in [6, 6.07) is 16.0. The maximum atomic E-state index is 13.4. The molecule has 1 aliphatic carbocycles. The van der Waals surface area contributed by atoms with Crippen LogP contribution in [0.25, 0.3) is 10.9 Å². The van der Waals surface area contributed by atoms with E-state index < -0.39 is 21.0 Å². The van der Waals surface area contributed by atoms with Crippen LogP contribution < -0.4 is 10.5 Å². The fourth-order valence-electron chi connectivity index (χ4n) is 5.50. The Hall–Kier alpha value is -3.65. The molecule has 1 fully saturated rings. The molecule has 172 valence electrons. The summed E-state index contributed by atoms with van der Waals surface area (Å²) in [6.07, 6.45) is 3.81. The molecule has 2 aliphatic rings. The van der Waals surface area contributed by atoms with Gasteiger partial charge in [-0.3, -0.25) is 9.59 Å². The first-order valence-electron chi connectivity index (χ1n) is 11.1. The van der Waals surface area contributed by atoms with Crippen molar-refractivity contribution < 1.29 is 13.2 Å². The molecule has 0 bridgehead atoms. The summed E-state index contributed by atoms with van der Waals surface area (Å²) in [5, 5.41) is 0.570. The zero-order valence-corrected chi connectivity index (χ0v) is 19.8. The number of hydrogen-bond donors (Lipinski definition) is 0. The summed E-state index contributed by atoms with van der Waals surface area (Å²) in [7, 11) is -0.566. The second-order valence-corrected chi connectivity index (χ2v) is 11.1. The number of nitrogens with zero attached hydrogens (tertiary/aromatic N) is 3. The fourth-order valence-corrected chi connectivity index (χ4v) is 6.85. The van der Waals surface area contributed by atoms with Crippen LogP contribution in [0.5, 0.6) is 0 Å². The summed E-state index contributed by atoms with van der Waals surface area (Å²) in [4.78, 5) is 28.3. The van der Waals surface area contributed by atoms with Crippen molar-refractivity contribution in [3.05, 3.63) is 94.0 Å². The van der Waals surface area contributed by atoms with Gasteiger partial charge in [0.15, 0.2) is 0 Å². The smallest absolute Gasteiger partial charge is 0.275 e. The van der Waals surface area contributed by atoms with E-state index in [1.807, 2.05) is 31.2 Å². The van der Waals surface area contributed by atoms with Gasteiger partial charge in [0.2, 0.25) is 5.91 Å². The Labute approximate surface area is 196 Å². The maximum absolute atomic E-state index is 13.4. The van der Waals surface area contributed by atoms with E-state index in [2.05, 4.69) is 0 Å². The Balaban J connectivity index is 1.54. The molecule has 34 heavy (non-hydrogen) atoms. The molecule has 1 spiro atoms. The molecule has 4 aromatic rings. The van der Waals surface area contributed by atoms with Crippen LogP contribution >= 0.6 is 0 Å². The average molecular weight is 474 g/mol. The molecule has 1 saturated carbocycles. The van der Waals surface area contributed by atoms with Gasteiger partial charge in [0.25, 0.3) is 15.6 Å². The first kappa shape index (κ1) is 20.9. The van der Waals surface area contributed by atoms with Crippen LogP contribution in [0.2, 0.25) is 0 Å². The van der Waals surface area contributed by atoms with Gasteiger partial charge in [0, 0.05) is 43.5 Å². The Morgan fingerprint density at radius 3 is 2.41 bits per heavy atom. The van der Waals surface area contributed by atoms with Crippen molar-refractivity contribution in [2.24, 2.45) is 7.05 Å². The van der Waals surface area contributed by atoms with Crippen LogP contribution in [0.1, 0.15) is 29.0 Å². The first-order valence-corrected chi connectivity index (χ1v) is 12.5. The van der Waals surface area contributed by atoms with Crippen molar-refractivity contribution in [3.63, 3.8) is 0 Å². The lowest BCUT2D eigenvalue weighted by Crippen LogP contribution is -2.29. The number of para-hydroxylation sites is 1. The van der Waals surface area contributed by atoms with E-state index >= 15 is 0 Å². The number of pyridine rings is 1. The number of carbonyl (C=O) groups is 1. The molecule has 1 aliphatic heterocycles. The number of carbonyl (C=O) groups excluding carboxylic acids is 1. The van der Waals surface area contributed by atoms with E-state index in [0.717, 1.165) is 26.4 Å². The third-order valence-electron chi connectivity index (χ3n) is 7.37. The maximum Gasteiger partial charge on any atom is 0.275 e. The van der Waals surface area contributed by atoms with Gasteiger partial charge in [-0.05, 0) is 48.7 Å². The van der Waals surface area contributed by atoms with Crippen LogP contribution in [0.3, 0.4) is 0 Å². The lowest BCUT2D eigenvalue weighted by molar-refractivity contribution is -0.120. The zero-order valence-electron chi connectivity index (χ0n) is 19.0. The highest BCUT2D eigenvalue weighted by atomic mass is 32.2. The second kappa shape index (κ2) is 6.70. The molecule has 3 heterocycles. The van der Waals surface area contributed by atoms with E-state index in [0.29, 0.717) is 11.8 Å². The lowest BCUT2D eigenvalue weighted by Gasteiger charge is -2.13. The number of hydrogen-bond acceptors (Lipinski definition) is 4. The minimum atomic E-state index is -3.97. The minimum Gasteiger partial charge on any atom is -0.316 e. The van der Waals surface area contributed by atoms with Gasteiger partial charge in [-0.15, -0.1) is 0 Å². The van der Waals surface area contributed by atoms with Crippen LogP contribution in [-0.2, 0) is 27.3 Å². The van der Waals surface area contributed by atoms with Gasteiger partial charge in [0.05, 0.1) is 10.3 Å². The quantitative estimate of drug-likeness (QED) is 0.457. The van der Waals surface area contributed by atoms with E-state index in [1.54, 1.807) is 55.5 Å². The third-order valence-corrected chi connectivity index (χ3v) is 9.06. The first-order chi connectivity index (χ1) is 16.2. The number of likely N-dealkylation sites (N-methyl/N-ethyl adjacent to an activating group) is 1. The second-order valence-electron chi connectivity index (χ2n) is 9.30. The molecule has 1 amide bonds. The van der Waals surface area contributed by atoms with Gasteiger partial charge in [-0.25, -0.2) is 12.4 Å². The Morgan fingerprint density at radius 2 is 1.68 bits per heavy atom. The largest absolute Gasteiger partial charge is 0.316 e. The molecule has 8 heteroatoms. The molecule has 2 unspecified atom stereocenters. The van der Waals surface area contributed by atoms with Gasteiger partial charge < -0.3 is 9.47 Å². The molecule has 2 aromatic carbocycles. The molecule has 6 rings (SSSR count). The summed E-state index contributed by atoms with van der Waals surface area (Å²) in [5.41, 5.74) is 2.68. The molecule has 0 saturated heterocycles. The Morgan fingerprint density at radius 1 is 0.971 bits per heavy atom. The van der Waals surface area contributed by atoms with E-state index in [1.165, 1.54) is 10.8 Å². The monoisotopic (exact) mass is 473 g/mol. The van der Waals surface area contributed by atoms with Gasteiger partial charge in [-0.2, -0.15) is 0 Å². The van der Waals surface area contributed by atoms with Crippen molar-refractivity contribution in [2.75, 3.05) is 11.9 Å². The number of aryl methyl sites for hydroxylation is 2. The lowest BCUT2D eigenvalue weighted by atomic mass is 9.91. The highest BCUT2D eigenvalue weighted by molar-refractivity contribution is 7.90. The summed E-state index contributed by atoms with van der Waals surface area (Å²) in [6.45, 7) is 1.88. The number of rotatable bonds is 3. The minimum absolute atomic E-state index is 0.0346. The fraction of sp³-hybridized carbons (Fsp3) is 0.231. The summed E-state index contributed by atoms with van der Waals surface area (Å²) in [5.74, 6) is -0.106. The average Bonchev–Trinajstić information content (AvgIpc) is 3.34. The summed E-state index contributed by atoms with van der Waals surface area (Å²) >= 11 is 0. The van der Waals surface area contributed by atoms with Crippen LogP contribution in [0, 0.1) is 6.92 Å². The molecule has 0 radical (unpaired) electrons. The zero-order chi connectivity index (χ0) is 24.0. The standard InChI is InChI=1S/C26H23N3O4S/c1-16-8-10-17(11-9-16)34(32,33)29-13-12-18-19(15-27(2)24(30)23(18)29)21-14-26(21)20-6-4-5-7-22(20)28(3)25(26)31/h4-13,15,21H,14H2,1-3H3. The number of fused-ring (bicyclic) bond motifs is 3. The topological polar surface area (TPSA) is 81.4 Å². The van der Waals surface area contributed by atoms with E-state index in [-0.39, 0.29) is 22.2 Å².